The van der Waals surface area contributed by atoms with Gasteiger partial charge in [-0.1, -0.05) is 35.5 Å². The SMILES string of the molecule is CC(C)(c1ccccc1)c1nc(C2CCCNC2)no1. The average Bonchev–Trinajstić information content (AvgIpc) is 3.00. The zero-order valence-corrected chi connectivity index (χ0v) is 12.1. The minimum absolute atomic E-state index is 0.255. The lowest BCUT2D eigenvalue weighted by Gasteiger charge is -2.21. The first-order chi connectivity index (χ1) is 9.68. The Bertz CT molecular complexity index is 556. The molecule has 2 aromatic rings. The Morgan fingerprint density at radius 2 is 2.05 bits per heavy atom. The van der Waals surface area contributed by atoms with Crippen LogP contribution in [-0.4, -0.2) is 23.2 Å². The van der Waals surface area contributed by atoms with Gasteiger partial charge < -0.3 is 9.84 Å². The number of nitrogens with one attached hydrogen (secondary N) is 1. The molecule has 1 aliphatic heterocycles. The molecule has 1 fully saturated rings. The van der Waals surface area contributed by atoms with Crippen LogP contribution in [0.4, 0.5) is 0 Å². The zero-order chi connectivity index (χ0) is 14.0. The Balaban J connectivity index is 1.85. The second-order valence-electron chi connectivity index (χ2n) is 5.99. The lowest BCUT2D eigenvalue weighted by molar-refractivity contribution is 0.325. The lowest BCUT2D eigenvalue weighted by Crippen LogP contribution is -2.29. The highest BCUT2D eigenvalue weighted by Gasteiger charge is 2.31. The first-order valence-corrected chi connectivity index (χ1v) is 7.28. The Labute approximate surface area is 119 Å². The summed E-state index contributed by atoms with van der Waals surface area (Å²) in [6, 6.07) is 10.3. The van der Waals surface area contributed by atoms with Gasteiger partial charge in [-0.05, 0) is 38.8 Å². The highest BCUT2D eigenvalue weighted by atomic mass is 16.5. The molecule has 1 aromatic heterocycles. The summed E-state index contributed by atoms with van der Waals surface area (Å²) in [5.41, 5.74) is 0.936. The lowest BCUT2D eigenvalue weighted by atomic mass is 9.84. The van der Waals surface area contributed by atoms with Crippen LogP contribution < -0.4 is 5.32 Å². The van der Waals surface area contributed by atoms with Crippen molar-refractivity contribution in [3.63, 3.8) is 0 Å². The Hall–Kier alpha value is -1.68. The standard InChI is InChI=1S/C16H21N3O/c1-16(2,13-8-4-3-5-9-13)15-18-14(19-20-15)12-7-6-10-17-11-12/h3-5,8-9,12,17H,6-7,10-11H2,1-2H3. The van der Waals surface area contributed by atoms with E-state index < -0.39 is 0 Å². The molecule has 1 aromatic carbocycles. The van der Waals surface area contributed by atoms with E-state index in [1.807, 2.05) is 18.2 Å². The van der Waals surface area contributed by atoms with Gasteiger partial charge in [-0.15, -0.1) is 0 Å². The summed E-state index contributed by atoms with van der Waals surface area (Å²) in [5, 5.41) is 7.60. The number of piperidine rings is 1. The van der Waals surface area contributed by atoms with Crippen molar-refractivity contribution in [2.45, 2.75) is 38.0 Å². The van der Waals surface area contributed by atoms with Crippen LogP contribution in [-0.2, 0) is 5.41 Å². The molecule has 4 nitrogen and oxygen atoms in total. The van der Waals surface area contributed by atoms with Gasteiger partial charge in [-0.3, -0.25) is 0 Å². The molecule has 1 N–H and O–H groups in total. The normalized spacial score (nSPS) is 20.0. The molecule has 2 heterocycles. The van der Waals surface area contributed by atoms with Crippen LogP contribution in [0, 0.1) is 0 Å². The predicted molar refractivity (Wildman–Crippen MR) is 77.7 cm³/mol. The predicted octanol–water partition coefficient (Wildman–Crippen LogP) is 2.86. The van der Waals surface area contributed by atoms with Gasteiger partial charge in [0.2, 0.25) is 5.89 Å². The topological polar surface area (TPSA) is 51.0 Å². The highest BCUT2D eigenvalue weighted by Crippen LogP contribution is 2.31. The summed E-state index contributed by atoms with van der Waals surface area (Å²) in [4.78, 5) is 4.66. The van der Waals surface area contributed by atoms with Crippen LogP contribution in [0.25, 0.3) is 0 Å². The van der Waals surface area contributed by atoms with Gasteiger partial charge in [-0.25, -0.2) is 0 Å². The number of rotatable bonds is 3. The van der Waals surface area contributed by atoms with E-state index in [0.29, 0.717) is 11.8 Å². The van der Waals surface area contributed by atoms with Crippen molar-refractivity contribution in [2.75, 3.05) is 13.1 Å². The van der Waals surface area contributed by atoms with Crippen molar-refractivity contribution in [3.05, 3.63) is 47.6 Å². The molecule has 1 aliphatic rings. The monoisotopic (exact) mass is 271 g/mol. The van der Waals surface area contributed by atoms with Crippen molar-refractivity contribution in [1.82, 2.24) is 15.5 Å². The molecule has 0 aliphatic carbocycles. The molecule has 4 heteroatoms. The summed E-state index contributed by atoms with van der Waals surface area (Å²) >= 11 is 0. The molecule has 0 amide bonds. The molecule has 1 atom stereocenters. The largest absolute Gasteiger partial charge is 0.338 e. The molecule has 20 heavy (non-hydrogen) atoms. The second kappa shape index (κ2) is 5.37. The van der Waals surface area contributed by atoms with Crippen LogP contribution in [0.5, 0.6) is 0 Å². The summed E-state index contributed by atoms with van der Waals surface area (Å²) in [7, 11) is 0. The Kier molecular flexibility index (Phi) is 3.57. The fraction of sp³-hybridized carbons (Fsp3) is 0.500. The van der Waals surface area contributed by atoms with Gasteiger partial charge >= 0.3 is 0 Å². The summed E-state index contributed by atoms with van der Waals surface area (Å²) < 4.78 is 5.55. The van der Waals surface area contributed by atoms with Crippen molar-refractivity contribution in [3.8, 4) is 0 Å². The van der Waals surface area contributed by atoms with Crippen molar-refractivity contribution in [2.24, 2.45) is 0 Å². The number of hydrogen-bond acceptors (Lipinski definition) is 4. The molecule has 1 unspecified atom stereocenters. The van der Waals surface area contributed by atoms with Crippen LogP contribution in [0.15, 0.2) is 34.9 Å². The molecular weight excluding hydrogens is 250 g/mol. The number of benzene rings is 1. The second-order valence-corrected chi connectivity index (χ2v) is 5.99. The van der Waals surface area contributed by atoms with Gasteiger partial charge in [0.05, 0.1) is 5.41 Å². The summed E-state index contributed by atoms with van der Waals surface area (Å²) in [6.07, 6.45) is 2.31. The van der Waals surface area contributed by atoms with Crippen LogP contribution in [0.1, 0.15) is 49.9 Å². The first-order valence-electron chi connectivity index (χ1n) is 7.28. The van der Waals surface area contributed by atoms with Gasteiger partial charge in [0.15, 0.2) is 5.82 Å². The maximum absolute atomic E-state index is 5.55. The van der Waals surface area contributed by atoms with Crippen molar-refractivity contribution >= 4 is 0 Å². The molecule has 3 rings (SSSR count). The van der Waals surface area contributed by atoms with Gasteiger partial charge in [0.25, 0.3) is 0 Å². The Morgan fingerprint density at radius 3 is 2.75 bits per heavy atom. The van der Waals surface area contributed by atoms with E-state index in [4.69, 9.17) is 4.52 Å². The van der Waals surface area contributed by atoms with E-state index in [1.54, 1.807) is 0 Å². The van der Waals surface area contributed by atoms with Crippen LogP contribution in [0.2, 0.25) is 0 Å². The van der Waals surface area contributed by atoms with E-state index in [9.17, 15) is 0 Å². The number of nitrogens with zero attached hydrogens (tertiary/aromatic N) is 2. The van der Waals surface area contributed by atoms with E-state index in [0.717, 1.165) is 25.3 Å². The minimum atomic E-state index is -0.255. The van der Waals surface area contributed by atoms with Gasteiger partial charge in [-0.2, -0.15) is 4.98 Å². The van der Waals surface area contributed by atoms with Crippen LogP contribution >= 0.6 is 0 Å². The van der Waals surface area contributed by atoms with E-state index in [2.05, 4.69) is 41.4 Å². The average molecular weight is 271 g/mol. The third-order valence-corrected chi connectivity index (χ3v) is 4.13. The molecule has 106 valence electrons. The number of aromatic nitrogens is 2. The third-order valence-electron chi connectivity index (χ3n) is 4.13. The highest BCUT2D eigenvalue weighted by molar-refractivity contribution is 5.29. The van der Waals surface area contributed by atoms with E-state index in [-0.39, 0.29) is 5.41 Å². The number of hydrogen-bond donors (Lipinski definition) is 1. The quantitative estimate of drug-likeness (QED) is 0.932. The summed E-state index contributed by atoms with van der Waals surface area (Å²) in [6.45, 7) is 6.29. The molecular formula is C16H21N3O. The first kappa shape index (κ1) is 13.3. The smallest absolute Gasteiger partial charge is 0.236 e. The maximum Gasteiger partial charge on any atom is 0.236 e. The molecule has 1 saturated heterocycles. The molecule has 0 radical (unpaired) electrons. The molecule has 0 bridgehead atoms. The van der Waals surface area contributed by atoms with E-state index in [1.165, 1.54) is 12.0 Å². The summed E-state index contributed by atoms with van der Waals surface area (Å²) in [5.74, 6) is 1.92. The molecule has 0 spiro atoms. The van der Waals surface area contributed by atoms with Crippen molar-refractivity contribution < 1.29 is 4.52 Å². The van der Waals surface area contributed by atoms with Gasteiger partial charge in [0, 0.05) is 12.5 Å². The fourth-order valence-corrected chi connectivity index (χ4v) is 2.71. The molecule has 0 saturated carbocycles. The fourth-order valence-electron chi connectivity index (χ4n) is 2.71. The van der Waals surface area contributed by atoms with Crippen molar-refractivity contribution in [1.29, 1.82) is 0 Å². The minimum Gasteiger partial charge on any atom is -0.338 e. The van der Waals surface area contributed by atoms with Gasteiger partial charge in [0.1, 0.15) is 0 Å². The van der Waals surface area contributed by atoms with Crippen LogP contribution in [0.3, 0.4) is 0 Å². The Morgan fingerprint density at radius 1 is 1.25 bits per heavy atom. The maximum atomic E-state index is 5.55. The third kappa shape index (κ3) is 2.48. The zero-order valence-electron chi connectivity index (χ0n) is 12.1. The van der Waals surface area contributed by atoms with E-state index >= 15 is 0 Å².